The lowest BCUT2D eigenvalue weighted by Gasteiger charge is -2.42. The van der Waals surface area contributed by atoms with Crippen molar-refractivity contribution >= 4 is 55.5 Å². The summed E-state index contributed by atoms with van der Waals surface area (Å²) in [5.41, 5.74) is 16.8. The van der Waals surface area contributed by atoms with Gasteiger partial charge >= 0.3 is 0 Å². The van der Waals surface area contributed by atoms with Crippen molar-refractivity contribution in [1.82, 2.24) is 0 Å². The summed E-state index contributed by atoms with van der Waals surface area (Å²) in [7, 11) is 0. The van der Waals surface area contributed by atoms with E-state index in [9.17, 15) is 5.11 Å². The number of hydrogen-bond donors (Lipinski definition) is 4. The smallest absolute Gasteiger partial charge is 0.201 e. The summed E-state index contributed by atoms with van der Waals surface area (Å²) >= 11 is 0. The minimum atomic E-state index is -0.894. The van der Waals surface area contributed by atoms with Crippen LogP contribution in [-0.4, -0.2) is 10.9 Å². The van der Waals surface area contributed by atoms with Crippen molar-refractivity contribution in [3.05, 3.63) is 200 Å². The van der Waals surface area contributed by atoms with Gasteiger partial charge in [0, 0.05) is 55.2 Å². The zero-order chi connectivity index (χ0) is 39.2. The standard InChI is InChI=1S/C54H34N4O2/c59-51-45(35-25-29-19-17-27-21-23-41-47(43(27)29)49(35)57-53(55-41)37-13-5-1-9-31(37)32-10-2-6-14-38(32)53)52(60)46(51)36-26-30-20-18-28-22-24-42-48(44(28)30)50(36)58-54(56-42)39-15-7-3-11-33(39)34-12-4-8-16-40(34)54/h1-16,21-26,55-57,59H,17-20H2/b46-36-. The summed E-state index contributed by atoms with van der Waals surface area (Å²) in [5.74, 6) is -0.116. The summed E-state index contributed by atoms with van der Waals surface area (Å²) in [5, 5.41) is 30.6. The first-order valence-electron chi connectivity index (χ1n) is 21.1. The van der Waals surface area contributed by atoms with E-state index < -0.39 is 11.3 Å². The molecular weight excluding hydrogens is 737 g/mol. The highest BCUT2D eigenvalue weighted by Crippen LogP contribution is 2.57. The number of fused-ring (bicyclic) bond motifs is 10. The van der Waals surface area contributed by atoms with Gasteiger partial charge in [-0.05, 0) is 105 Å². The summed E-state index contributed by atoms with van der Waals surface area (Å²) in [6.45, 7) is 0. The van der Waals surface area contributed by atoms with E-state index in [1.807, 2.05) is 0 Å². The zero-order valence-electron chi connectivity index (χ0n) is 32.3. The molecule has 5 aliphatic carbocycles. The Morgan fingerprint density at radius 3 is 1.62 bits per heavy atom. The maximum Gasteiger partial charge on any atom is 0.201 e. The predicted molar refractivity (Wildman–Crippen MR) is 238 cm³/mol. The number of Topliss-reactive ketones (excluding diaryl/α,β-unsaturated/α-hetero) is 1. The topological polar surface area (TPSA) is 85.8 Å². The van der Waals surface area contributed by atoms with Crippen molar-refractivity contribution < 1.29 is 9.90 Å². The molecule has 7 aliphatic rings. The van der Waals surface area contributed by atoms with Crippen LogP contribution in [0.2, 0.25) is 0 Å². The third-order valence-corrected chi connectivity index (χ3v) is 14.8. The number of anilines is 3. The van der Waals surface area contributed by atoms with Gasteiger partial charge in [-0.1, -0.05) is 109 Å². The van der Waals surface area contributed by atoms with Gasteiger partial charge in [0.25, 0.3) is 0 Å². The molecule has 0 saturated carbocycles. The normalized spacial score (nSPS) is 18.8. The Labute approximate surface area is 344 Å². The molecule has 0 bridgehead atoms. The van der Waals surface area contributed by atoms with Crippen LogP contribution in [0, 0.1) is 0 Å². The van der Waals surface area contributed by atoms with Crippen LogP contribution in [0.5, 0.6) is 0 Å². The molecule has 6 nitrogen and oxygen atoms in total. The summed E-state index contributed by atoms with van der Waals surface area (Å²) in [4.78, 5) is 21.0. The minimum Gasteiger partial charge on any atom is -0.506 e. The molecule has 0 fully saturated rings. The van der Waals surface area contributed by atoms with Crippen molar-refractivity contribution in [2.24, 2.45) is 4.99 Å². The molecule has 2 aliphatic heterocycles. The molecule has 6 heteroatoms. The van der Waals surface area contributed by atoms with Gasteiger partial charge in [-0.3, -0.25) is 4.79 Å². The fourth-order valence-corrected chi connectivity index (χ4v) is 12.3. The van der Waals surface area contributed by atoms with Crippen LogP contribution in [0.25, 0.3) is 54.9 Å². The monoisotopic (exact) mass is 770 g/mol. The van der Waals surface area contributed by atoms with Crippen molar-refractivity contribution in [2.75, 3.05) is 16.0 Å². The molecular formula is C54H34N4O2. The Morgan fingerprint density at radius 2 is 1.00 bits per heavy atom. The number of carbonyl (C=O) groups excluding carboxylic acids is 1. The highest BCUT2D eigenvalue weighted by Gasteiger charge is 2.49. The number of nitrogens with zero attached hydrogens (tertiary/aromatic N) is 1. The Kier molecular flexibility index (Phi) is 5.47. The molecule has 8 aromatic rings. The summed E-state index contributed by atoms with van der Waals surface area (Å²) in [6.07, 6.45) is 3.64. The molecule has 15 rings (SSSR count). The molecule has 60 heavy (non-hydrogen) atoms. The maximum atomic E-state index is 15.3. The van der Waals surface area contributed by atoms with E-state index in [0.29, 0.717) is 16.4 Å². The number of allylic oxidation sites excluding steroid dienone is 2. The lowest BCUT2D eigenvalue weighted by Crippen LogP contribution is -2.45. The second-order valence-corrected chi connectivity index (χ2v) is 17.5. The van der Waals surface area contributed by atoms with Crippen LogP contribution in [0.3, 0.4) is 0 Å². The highest BCUT2D eigenvalue weighted by molar-refractivity contribution is 6.52. The van der Waals surface area contributed by atoms with Gasteiger partial charge in [0.2, 0.25) is 5.78 Å². The molecule has 0 saturated heterocycles. The van der Waals surface area contributed by atoms with Gasteiger partial charge in [-0.25, -0.2) is 4.99 Å². The highest BCUT2D eigenvalue weighted by atomic mass is 16.3. The van der Waals surface area contributed by atoms with E-state index in [2.05, 4.69) is 149 Å². The molecule has 0 amide bonds. The molecule has 0 unspecified atom stereocenters. The molecule has 0 atom stereocenters. The van der Waals surface area contributed by atoms with Crippen LogP contribution in [0.1, 0.15) is 50.1 Å². The third-order valence-electron chi connectivity index (χ3n) is 14.8. The Morgan fingerprint density at radius 1 is 0.483 bits per heavy atom. The van der Waals surface area contributed by atoms with Crippen LogP contribution >= 0.6 is 0 Å². The largest absolute Gasteiger partial charge is 0.506 e. The number of aliphatic hydroxyl groups is 1. The quantitative estimate of drug-likeness (QED) is 0.134. The average Bonchev–Trinajstić information content (AvgIpc) is 4.04. The minimum absolute atomic E-state index is 0.0358. The van der Waals surface area contributed by atoms with E-state index >= 15 is 4.79 Å². The molecule has 282 valence electrons. The predicted octanol–water partition coefficient (Wildman–Crippen LogP) is 9.54. The van der Waals surface area contributed by atoms with Gasteiger partial charge in [-0.15, -0.1) is 0 Å². The molecule has 8 aromatic carbocycles. The van der Waals surface area contributed by atoms with Crippen LogP contribution < -0.4 is 26.5 Å². The Bertz CT molecular complexity index is 3540. The van der Waals surface area contributed by atoms with E-state index in [1.54, 1.807) is 0 Å². The molecule has 0 radical (unpaired) electrons. The first-order valence-corrected chi connectivity index (χ1v) is 21.1. The summed E-state index contributed by atoms with van der Waals surface area (Å²) in [6, 6.07) is 47.4. The van der Waals surface area contributed by atoms with E-state index in [-0.39, 0.29) is 11.5 Å². The van der Waals surface area contributed by atoms with Gasteiger partial charge in [0.05, 0.1) is 22.2 Å². The van der Waals surface area contributed by atoms with Gasteiger partial charge < -0.3 is 21.1 Å². The second kappa shape index (κ2) is 10.4. The number of benzene rings is 8. The van der Waals surface area contributed by atoms with Crippen LogP contribution in [0.4, 0.5) is 17.1 Å². The summed E-state index contributed by atoms with van der Waals surface area (Å²) < 4.78 is 0. The number of nitrogens with one attached hydrogen (secondary N) is 3. The van der Waals surface area contributed by atoms with E-state index in [1.165, 1.54) is 44.2 Å². The lowest BCUT2D eigenvalue weighted by atomic mass is 9.78. The molecule has 2 spiro atoms. The first-order chi connectivity index (χ1) is 29.5. The van der Waals surface area contributed by atoms with Crippen molar-refractivity contribution in [2.45, 2.75) is 37.0 Å². The van der Waals surface area contributed by atoms with Crippen molar-refractivity contribution in [3.63, 3.8) is 0 Å². The zero-order valence-corrected chi connectivity index (χ0v) is 32.3. The second-order valence-electron chi connectivity index (χ2n) is 17.5. The number of aliphatic hydroxyl groups excluding tert-OH is 1. The first kappa shape index (κ1) is 31.5. The number of hydrogen-bond acceptors (Lipinski definition) is 6. The average molecular weight is 771 g/mol. The number of carbonyl (C=O) groups is 1. The maximum absolute atomic E-state index is 15.3. The Balaban J connectivity index is 1.02. The fourth-order valence-electron chi connectivity index (χ4n) is 12.3. The van der Waals surface area contributed by atoms with Gasteiger partial charge in [-0.2, -0.15) is 0 Å². The Hall–Kier alpha value is -7.44. The molecule has 0 aromatic heterocycles. The fraction of sp³-hybridized carbons (Fsp3) is 0.111. The van der Waals surface area contributed by atoms with Gasteiger partial charge in [0.1, 0.15) is 5.76 Å². The molecule has 4 N–H and O–H groups in total. The number of aryl methyl sites for hydroxylation is 4. The van der Waals surface area contributed by atoms with Crippen molar-refractivity contribution in [3.8, 4) is 22.3 Å². The van der Waals surface area contributed by atoms with Crippen molar-refractivity contribution in [1.29, 1.82) is 0 Å². The van der Waals surface area contributed by atoms with E-state index in [0.717, 1.165) is 97.8 Å². The number of ketones is 1. The lowest BCUT2D eigenvalue weighted by molar-refractivity contribution is -0.109. The van der Waals surface area contributed by atoms with Crippen LogP contribution in [0.15, 0.2) is 144 Å². The molecule has 2 heterocycles. The van der Waals surface area contributed by atoms with E-state index in [4.69, 9.17) is 4.99 Å². The third kappa shape index (κ3) is 3.49. The SMILES string of the molecule is O=C1C(c2cc3c4c(ccc5c4c2NC2(N5)c4ccccc4-c4ccccc42)CC3)=C(O)/C1=c1\cc2c3c(ccc4c3c1=NC1(N4)c3ccccc3-c3ccccc31)CC2. The van der Waals surface area contributed by atoms with Crippen LogP contribution in [-0.2, 0) is 41.8 Å². The van der Waals surface area contributed by atoms with Gasteiger partial charge in [0.15, 0.2) is 11.3 Å². The number of rotatable bonds is 1.